The van der Waals surface area contributed by atoms with Gasteiger partial charge in [-0.3, -0.25) is 0 Å². The minimum absolute atomic E-state index is 0. The third kappa shape index (κ3) is 2.29. The molecule has 0 atom stereocenters. The van der Waals surface area contributed by atoms with E-state index in [0.29, 0.717) is 0 Å². The Balaban J connectivity index is 0.000000360. The first kappa shape index (κ1) is 7.43. The summed E-state index contributed by atoms with van der Waals surface area (Å²) < 4.78 is 0. The summed E-state index contributed by atoms with van der Waals surface area (Å²) >= 11 is 4.70. The zero-order valence-corrected chi connectivity index (χ0v) is 5.92. The molecule has 7 heavy (non-hydrogen) atoms. The first-order valence-electron chi connectivity index (χ1n) is 1.91. The maximum Gasteiger partial charge on any atom is 0.166 e. The van der Waals surface area contributed by atoms with Gasteiger partial charge in [-0.25, -0.2) is 0 Å². The van der Waals surface area contributed by atoms with Gasteiger partial charge in [0, 0.05) is 35.5 Å². The van der Waals surface area contributed by atoms with E-state index in [9.17, 15) is 0 Å². The van der Waals surface area contributed by atoms with Crippen molar-refractivity contribution in [1.82, 2.24) is 10.6 Å². The molecule has 0 aromatic heterocycles. The molecule has 0 saturated carbocycles. The Labute approximate surface area is 63.6 Å². The van der Waals surface area contributed by atoms with Crippen molar-refractivity contribution in [2.45, 2.75) is 0 Å². The normalized spacial score (nSPS) is 16.9. The molecule has 1 rings (SSSR count). The Morgan fingerprint density at radius 1 is 1.29 bits per heavy atom. The van der Waals surface area contributed by atoms with Crippen LogP contribution in [0.3, 0.4) is 0 Å². The Morgan fingerprint density at radius 2 is 1.71 bits per heavy atom. The fourth-order valence-electron chi connectivity index (χ4n) is 0.415. The van der Waals surface area contributed by atoms with Crippen LogP contribution in [0.4, 0.5) is 0 Å². The van der Waals surface area contributed by atoms with E-state index in [1.54, 1.807) is 0 Å². The molecule has 4 heteroatoms. The van der Waals surface area contributed by atoms with Gasteiger partial charge in [-0.1, -0.05) is 0 Å². The summed E-state index contributed by atoms with van der Waals surface area (Å²) in [6.45, 7) is 1.97. The minimum atomic E-state index is 0. The number of rotatable bonds is 0. The van der Waals surface area contributed by atoms with Crippen molar-refractivity contribution in [2.24, 2.45) is 0 Å². The van der Waals surface area contributed by atoms with Gasteiger partial charge in [-0.2, -0.15) is 0 Å². The van der Waals surface area contributed by atoms with Crippen molar-refractivity contribution in [3.8, 4) is 0 Å². The van der Waals surface area contributed by atoms with E-state index < -0.39 is 0 Å². The Hall–Kier alpha value is 0.430. The van der Waals surface area contributed by atoms with Crippen LogP contribution in [-0.4, -0.2) is 18.2 Å². The molecule has 0 amide bonds. The van der Waals surface area contributed by atoms with Gasteiger partial charge in [0.25, 0.3) is 0 Å². The molecule has 1 aliphatic rings. The molecule has 1 aliphatic heterocycles. The molecular formula is C3H6AgN2S. The molecule has 2 N–H and O–H groups in total. The molecule has 45 valence electrons. The predicted octanol–water partition coefficient (Wildman–Crippen LogP) is -0.538. The van der Waals surface area contributed by atoms with Gasteiger partial charge >= 0.3 is 0 Å². The van der Waals surface area contributed by atoms with Crippen LogP contribution in [0.15, 0.2) is 0 Å². The fraction of sp³-hybridized carbons (Fsp3) is 0.667. The summed E-state index contributed by atoms with van der Waals surface area (Å²) in [6.07, 6.45) is 0. The fourth-order valence-corrected chi connectivity index (χ4v) is 0.619. The van der Waals surface area contributed by atoms with Crippen LogP contribution in [0.5, 0.6) is 0 Å². The summed E-state index contributed by atoms with van der Waals surface area (Å²) in [5.74, 6) is 0. The Kier molecular flexibility index (Phi) is 3.65. The van der Waals surface area contributed by atoms with Crippen molar-refractivity contribution >= 4 is 17.3 Å². The predicted molar refractivity (Wildman–Crippen MR) is 28.6 cm³/mol. The topological polar surface area (TPSA) is 24.1 Å². The van der Waals surface area contributed by atoms with Crippen LogP contribution < -0.4 is 10.6 Å². The van der Waals surface area contributed by atoms with E-state index in [0.717, 1.165) is 18.2 Å². The van der Waals surface area contributed by atoms with E-state index >= 15 is 0 Å². The molecule has 0 aromatic rings. The molecule has 0 aromatic carbocycles. The van der Waals surface area contributed by atoms with E-state index in [4.69, 9.17) is 12.2 Å². The summed E-state index contributed by atoms with van der Waals surface area (Å²) in [5, 5.41) is 6.67. The quantitative estimate of drug-likeness (QED) is 0.415. The molecule has 1 radical (unpaired) electrons. The van der Waals surface area contributed by atoms with Gasteiger partial charge in [0.05, 0.1) is 0 Å². The van der Waals surface area contributed by atoms with Gasteiger partial charge < -0.3 is 10.6 Å². The monoisotopic (exact) mass is 209 g/mol. The zero-order chi connectivity index (χ0) is 4.41. The summed E-state index contributed by atoms with van der Waals surface area (Å²) in [4.78, 5) is 0. The van der Waals surface area contributed by atoms with Gasteiger partial charge in [-0.15, -0.1) is 0 Å². The number of nitrogens with one attached hydrogen (secondary N) is 2. The Morgan fingerprint density at radius 3 is 1.86 bits per heavy atom. The summed E-state index contributed by atoms with van der Waals surface area (Å²) in [6, 6.07) is 0. The first-order chi connectivity index (χ1) is 2.89. The van der Waals surface area contributed by atoms with Crippen LogP contribution >= 0.6 is 12.2 Å². The van der Waals surface area contributed by atoms with E-state index in [-0.39, 0.29) is 22.4 Å². The molecule has 0 unspecified atom stereocenters. The van der Waals surface area contributed by atoms with Crippen molar-refractivity contribution in [3.05, 3.63) is 0 Å². The van der Waals surface area contributed by atoms with E-state index in [2.05, 4.69) is 10.6 Å². The molecule has 0 spiro atoms. The minimum Gasteiger partial charge on any atom is -0.361 e. The maximum atomic E-state index is 4.70. The average molecular weight is 210 g/mol. The molecule has 2 nitrogen and oxygen atoms in total. The first-order valence-corrected chi connectivity index (χ1v) is 2.32. The standard InChI is InChI=1S/C3H6N2S.Ag/c6-3-4-1-2-5-3;/h1-2H2,(H2,4,5,6);. The maximum absolute atomic E-state index is 4.70. The molecular weight excluding hydrogens is 204 g/mol. The third-order valence-electron chi connectivity index (χ3n) is 0.696. The number of thiocarbonyl (C=S) groups is 1. The van der Waals surface area contributed by atoms with E-state index in [1.165, 1.54) is 0 Å². The summed E-state index contributed by atoms with van der Waals surface area (Å²) in [5.41, 5.74) is 0. The van der Waals surface area contributed by atoms with Gasteiger partial charge in [0.2, 0.25) is 0 Å². The van der Waals surface area contributed by atoms with Crippen LogP contribution in [-0.2, 0) is 22.4 Å². The van der Waals surface area contributed by atoms with Crippen LogP contribution in [0.1, 0.15) is 0 Å². The van der Waals surface area contributed by atoms with Crippen molar-refractivity contribution in [1.29, 1.82) is 0 Å². The van der Waals surface area contributed by atoms with Crippen LogP contribution in [0.2, 0.25) is 0 Å². The Bertz CT molecular complexity index is 67.3. The average Bonchev–Trinajstić information content (AvgIpc) is 1.86. The smallest absolute Gasteiger partial charge is 0.166 e. The van der Waals surface area contributed by atoms with E-state index in [1.807, 2.05) is 0 Å². The third-order valence-corrected chi connectivity index (χ3v) is 0.985. The van der Waals surface area contributed by atoms with Crippen LogP contribution in [0, 0.1) is 0 Å². The SMILES string of the molecule is S=C1NCCN1.[Ag]. The van der Waals surface area contributed by atoms with Gasteiger partial charge in [0.15, 0.2) is 5.11 Å². The van der Waals surface area contributed by atoms with Crippen molar-refractivity contribution in [3.63, 3.8) is 0 Å². The van der Waals surface area contributed by atoms with Crippen molar-refractivity contribution < 1.29 is 22.4 Å². The molecule has 0 aliphatic carbocycles. The van der Waals surface area contributed by atoms with Crippen LogP contribution in [0.25, 0.3) is 0 Å². The molecule has 1 heterocycles. The second kappa shape index (κ2) is 3.43. The van der Waals surface area contributed by atoms with Gasteiger partial charge in [0.1, 0.15) is 0 Å². The second-order valence-corrected chi connectivity index (χ2v) is 1.59. The largest absolute Gasteiger partial charge is 0.361 e. The molecule has 0 bridgehead atoms. The number of hydrogen-bond acceptors (Lipinski definition) is 1. The van der Waals surface area contributed by atoms with Gasteiger partial charge in [-0.05, 0) is 12.2 Å². The van der Waals surface area contributed by atoms with Crippen molar-refractivity contribution in [2.75, 3.05) is 13.1 Å². The second-order valence-electron chi connectivity index (χ2n) is 1.18. The molecule has 1 fully saturated rings. The summed E-state index contributed by atoms with van der Waals surface area (Å²) in [7, 11) is 0. The molecule has 1 saturated heterocycles. The zero-order valence-electron chi connectivity index (χ0n) is 3.62. The number of hydrogen-bond donors (Lipinski definition) is 2.